The van der Waals surface area contributed by atoms with Gasteiger partial charge in [-0.1, -0.05) is 29.1 Å². The van der Waals surface area contributed by atoms with Crippen molar-refractivity contribution >= 4 is 22.8 Å². The van der Waals surface area contributed by atoms with Crippen LogP contribution in [0, 0.1) is 0 Å². The van der Waals surface area contributed by atoms with Crippen LogP contribution in [-0.4, -0.2) is 29.9 Å². The highest BCUT2D eigenvalue weighted by Crippen LogP contribution is 2.32. The van der Waals surface area contributed by atoms with Crippen LogP contribution in [0.1, 0.15) is 11.5 Å². The molecule has 0 unspecified atom stereocenters. The summed E-state index contributed by atoms with van der Waals surface area (Å²) in [5.41, 5.74) is 0.171. The summed E-state index contributed by atoms with van der Waals surface area (Å²) in [5.74, 6) is 0.696. The summed E-state index contributed by atoms with van der Waals surface area (Å²) in [6, 6.07) is 4.80. The fourth-order valence-corrected chi connectivity index (χ4v) is 3.25. The van der Waals surface area contributed by atoms with Gasteiger partial charge in [-0.25, -0.2) is 9.97 Å². The Morgan fingerprint density at radius 1 is 1.22 bits per heavy atom. The minimum absolute atomic E-state index is 0.103. The van der Waals surface area contributed by atoms with Gasteiger partial charge in [-0.2, -0.15) is 23.3 Å². The summed E-state index contributed by atoms with van der Waals surface area (Å²) < 4.78 is 45.3. The fourth-order valence-electron chi connectivity index (χ4n) is 2.45. The third-order valence-corrected chi connectivity index (χ3v) is 4.73. The molecule has 1 aromatic carbocycles. The van der Waals surface area contributed by atoms with Crippen LogP contribution in [0.3, 0.4) is 0 Å². The van der Waals surface area contributed by atoms with E-state index in [1.807, 2.05) is 0 Å². The van der Waals surface area contributed by atoms with Gasteiger partial charge in [0.05, 0.1) is 22.9 Å². The molecule has 0 aliphatic rings. The first-order chi connectivity index (χ1) is 12.9. The van der Waals surface area contributed by atoms with E-state index in [9.17, 15) is 13.2 Å². The Labute approximate surface area is 154 Å². The molecule has 7 nitrogen and oxygen atoms in total. The lowest BCUT2D eigenvalue weighted by Crippen LogP contribution is -2.04. The number of aromatic nitrogens is 6. The molecule has 138 valence electrons. The smallest absolute Gasteiger partial charge is 0.338 e. The third kappa shape index (κ3) is 3.50. The molecule has 11 heteroatoms. The van der Waals surface area contributed by atoms with Crippen LogP contribution in [0.4, 0.5) is 13.2 Å². The Balaban J connectivity index is 1.53. The second kappa shape index (κ2) is 6.65. The predicted octanol–water partition coefficient (Wildman–Crippen LogP) is 3.72. The Kier molecular flexibility index (Phi) is 4.30. The second-order valence-electron chi connectivity index (χ2n) is 5.56. The summed E-state index contributed by atoms with van der Waals surface area (Å²) in [5, 5.41) is 9.41. The maximum absolute atomic E-state index is 12.8. The van der Waals surface area contributed by atoms with Gasteiger partial charge >= 0.3 is 6.18 Å². The molecule has 0 bridgehead atoms. The largest absolute Gasteiger partial charge is 0.416 e. The molecule has 0 fully saturated rings. The average Bonchev–Trinajstić information content (AvgIpc) is 3.27. The summed E-state index contributed by atoms with van der Waals surface area (Å²) in [6.45, 7) is 0. The average molecular weight is 392 g/mol. The van der Waals surface area contributed by atoms with Gasteiger partial charge in [-0.15, -0.1) is 0 Å². The molecule has 0 amide bonds. The maximum atomic E-state index is 12.8. The highest BCUT2D eigenvalue weighted by Gasteiger charge is 2.30. The number of halogens is 3. The van der Waals surface area contributed by atoms with Crippen LogP contribution in [-0.2, 0) is 19.0 Å². The van der Waals surface area contributed by atoms with Crippen LogP contribution >= 0.6 is 11.8 Å². The van der Waals surface area contributed by atoms with E-state index in [1.165, 1.54) is 30.2 Å². The van der Waals surface area contributed by atoms with Gasteiger partial charge in [0.2, 0.25) is 11.7 Å². The van der Waals surface area contributed by atoms with E-state index < -0.39 is 11.7 Å². The normalized spacial score (nSPS) is 12.0. The van der Waals surface area contributed by atoms with Crippen molar-refractivity contribution in [1.82, 2.24) is 29.9 Å². The van der Waals surface area contributed by atoms with Crippen molar-refractivity contribution in [2.45, 2.75) is 17.0 Å². The van der Waals surface area contributed by atoms with Crippen LogP contribution < -0.4 is 0 Å². The van der Waals surface area contributed by atoms with Crippen molar-refractivity contribution in [1.29, 1.82) is 0 Å². The second-order valence-corrected chi connectivity index (χ2v) is 6.53. The van der Waals surface area contributed by atoms with Gasteiger partial charge in [-0.3, -0.25) is 4.68 Å². The standard InChI is InChI=1S/C16H11F3N6OS/c1-25-14-11(6-22-25)15(21-8-20-14)27-7-12-23-13(24-26-12)9-3-2-4-10(5-9)16(17,18)19/h2-6,8H,7H2,1H3. The Bertz CT molecular complexity index is 1110. The van der Waals surface area contributed by atoms with Crippen molar-refractivity contribution in [2.75, 3.05) is 0 Å². The topological polar surface area (TPSA) is 82.5 Å². The monoisotopic (exact) mass is 392 g/mol. The Hall–Kier alpha value is -2.95. The van der Waals surface area contributed by atoms with E-state index in [2.05, 4.69) is 25.2 Å². The zero-order valence-corrected chi connectivity index (χ0v) is 14.6. The van der Waals surface area contributed by atoms with Crippen LogP contribution in [0.25, 0.3) is 22.4 Å². The number of fused-ring (bicyclic) bond motifs is 1. The maximum Gasteiger partial charge on any atom is 0.416 e. The van der Waals surface area contributed by atoms with Gasteiger partial charge in [0, 0.05) is 12.6 Å². The van der Waals surface area contributed by atoms with Crippen LogP contribution in [0.2, 0.25) is 0 Å². The number of benzene rings is 1. The number of alkyl halides is 3. The van der Waals surface area contributed by atoms with Gasteiger partial charge in [0.1, 0.15) is 11.4 Å². The summed E-state index contributed by atoms with van der Waals surface area (Å²) >= 11 is 1.35. The number of rotatable bonds is 4. The van der Waals surface area contributed by atoms with Crippen molar-refractivity contribution in [3.63, 3.8) is 0 Å². The quantitative estimate of drug-likeness (QED) is 0.387. The van der Waals surface area contributed by atoms with E-state index in [1.54, 1.807) is 17.9 Å². The van der Waals surface area contributed by atoms with Gasteiger partial charge in [-0.05, 0) is 12.1 Å². The van der Waals surface area contributed by atoms with E-state index in [0.717, 1.165) is 17.5 Å². The molecular weight excluding hydrogens is 381 g/mol. The third-order valence-electron chi connectivity index (χ3n) is 3.74. The van der Waals surface area contributed by atoms with Crippen molar-refractivity contribution in [3.8, 4) is 11.4 Å². The first-order valence-electron chi connectivity index (χ1n) is 7.67. The first kappa shape index (κ1) is 17.5. The lowest BCUT2D eigenvalue weighted by Gasteiger charge is -2.06. The molecule has 0 saturated carbocycles. The first-order valence-corrected chi connectivity index (χ1v) is 8.66. The molecule has 0 aliphatic carbocycles. The SMILES string of the molecule is Cn1ncc2c(SCc3nc(-c4cccc(C(F)(F)F)c4)no3)ncnc21. The Morgan fingerprint density at radius 3 is 2.89 bits per heavy atom. The highest BCUT2D eigenvalue weighted by molar-refractivity contribution is 7.98. The number of thioether (sulfide) groups is 1. The Morgan fingerprint density at radius 2 is 2.07 bits per heavy atom. The fraction of sp³-hybridized carbons (Fsp3) is 0.188. The van der Waals surface area contributed by atoms with Crippen molar-refractivity contribution in [3.05, 3.63) is 48.2 Å². The predicted molar refractivity (Wildman–Crippen MR) is 90.6 cm³/mol. The minimum atomic E-state index is -4.43. The molecule has 4 rings (SSSR count). The molecule has 3 heterocycles. The van der Waals surface area contributed by atoms with E-state index in [0.29, 0.717) is 16.4 Å². The molecule has 0 radical (unpaired) electrons. The molecule has 0 aliphatic heterocycles. The summed E-state index contributed by atoms with van der Waals surface area (Å²) in [6.07, 6.45) is -1.33. The van der Waals surface area contributed by atoms with E-state index in [-0.39, 0.29) is 17.3 Å². The molecule has 0 atom stereocenters. The molecule has 27 heavy (non-hydrogen) atoms. The number of nitrogens with zero attached hydrogens (tertiary/aromatic N) is 6. The molecule has 0 saturated heterocycles. The number of hydrogen-bond acceptors (Lipinski definition) is 7. The molecule has 4 aromatic rings. The lowest BCUT2D eigenvalue weighted by molar-refractivity contribution is -0.137. The number of hydrogen-bond donors (Lipinski definition) is 0. The highest BCUT2D eigenvalue weighted by atomic mass is 32.2. The molecule has 0 spiro atoms. The van der Waals surface area contributed by atoms with Crippen LogP contribution in [0.15, 0.2) is 46.3 Å². The van der Waals surface area contributed by atoms with Gasteiger partial charge < -0.3 is 4.52 Å². The van der Waals surface area contributed by atoms with Gasteiger partial charge in [0.25, 0.3) is 0 Å². The van der Waals surface area contributed by atoms with Gasteiger partial charge in [0.15, 0.2) is 5.65 Å². The van der Waals surface area contributed by atoms with Crippen molar-refractivity contribution < 1.29 is 17.7 Å². The zero-order valence-electron chi connectivity index (χ0n) is 13.8. The molecule has 3 aromatic heterocycles. The molecular formula is C16H11F3N6OS. The van der Waals surface area contributed by atoms with Crippen LogP contribution in [0.5, 0.6) is 0 Å². The summed E-state index contributed by atoms with van der Waals surface area (Å²) in [4.78, 5) is 12.6. The summed E-state index contributed by atoms with van der Waals surface area (Å²) in [7, 11) is 1.78. The van der Waals surface area contributed by atoms with E-state index >= 15 is 0 Å². The van der Waals surface area contributed by atoms with Crippen molar-refractivity contribution in [2.24, 2.45) is 7.05 Å². The molecule has 0 N–H and O–H groups in total. The number of aryl methyl sites for hydroxylation is 1. The zero-order chi connectivity index (χ0) is 19.0. The minimum Gasteiger partial charge on any atom is -0.338 e. The van der Waals surface area contributed by atoms with E-state index in [4.69, 9.17) is 4.52 Å². The lowest BCUT2D eigenvalue weighted by atomic mass is 10.1.